The molecule has 0 unspecified atom stereocenters. The van der Waals surface area contributed by atoms with E-state index in [1.807, 2.05) is 6.92 Å². The van der Waals surface area contributed by atoms with Gasteiger partial charge in [0.05, 0.1) is 12.0 Å². The maximum atomic E-state index is 12.5. The number of nitrogens with two attached hydrogens (primary N) is 1. The van der Waals surface area contributed by atoms with Crippen LogP contribution in [-0.2, 0) is 11.3 Å². The van der Waals surface area contributed by atoms with Gasteiger partial charge in [-0.2, -0.15) is 5.10 Å². The minimum Gasteiger partial charge on any atom is -0.338 e. The van der Waals surface area contributed by atoms with E-state index in [1.165, 1.54) is 0 Å². The maximum absolute atomic E-state index is 12.5. The maximum Gasteiger partial charge on any atom is 0.230 e. The molecular formula is C12H21N5O. The van der Waals surface area contributed by atoms with E-state index in [-0.39, 0.29) is 11.3 Å². The van der Waals surface area contributed by atoms with Gasteiger partial charge in [-0.15, -0.1) is 0 Å². The summed E-state index contributed by atoms with van der Waals surface area (Å²) in [6.07, 6.45) is 3.99. The zero-order valence-corrected chi connectivity index (χ0v) is 11.1. The first-order valence-corrected chi connectivity index (χ1v) is 6.41. The van der Waals surface area contributed by atoms with Crippen LogP contribution in [0.2, 0.25) is 0 Å². The number of amides is 1. The number of H-pyrrole nitrogens is 1. The van der Waals surface area contributed by atoms with Gasteiger partial charge in [-0.25, -0.2) is 4.98 Å². The molecule has 2 rings (SSSR count). The number of carbonyl (C=O) groups excluding carboxylic acids is 1. The third-order valence-electron chi connectivity index (χ3n) is 3.77. The number of carbonyl (C=O) groups is 1. The Morgan fingerprint density at radius 1 is 1.50 bits per heavy atom. The molecule has 3 N–H and O–H groups in total. The fourth-order valence-electron chi connectivity index (χ4n) is 2.71. The summed E-state index contributed by atoms with van der Waals surface area (Å²) in [6, 6.07) is 0. The average molecular weight is 251 g/mol. The highest BCUT2D eigenvalue weighted by Gasteiger charge is 2.41. The zero-order valence-electron chi connectivity index (χ0n) is 11.1. The first-order valence-electron chi connectivity index (χ1n) is 6.41. The van der Waals surface area contributed by atoms with Crippen molar-refractivity contribution in [3.8, 4) is 0 Å². The molecule has 0 spiro atoms. The molecule has 0 atom stereocenters. The molecule has 1 aliphatic rings. The van der Waals surface area contributed by atoms with Gasteiger partial charge < -0.3 is 10.6 Å². The lowest BCUT2D eigenvalue weighted by molar-refractivity contribution is -0.140. The average Bonchev–Trinajstić information content (AvgIpc) is 2.98. The molecule has 0 aromatic carbocycles. The second-order valence-electron chi connectivity index (χ2n) is 5.19. The summed E-state index contributed by atoms with van der Waals surface area (Å²) in [5.41, 5.74) is 5.47. The number of hydrogen-bond donors (Lipinski definition) is 2. The van der Waals surface area contributed by atoms with Gasteiger partial charge in [0.25, 0.3) is 0 Å². The van der Waals surface area contributed by atoms with Crippen LogP contribution in [0.1, 0.15) is 37.3 Å². The SMILES string of the molecule is Cc1nc(CN(C)C(=O)C2(CN)CCCC2)n[nH]1. The molecule has 6 heteroatoms. The highest BCUT2D eigenvalue weighted by molar-refractivity contribution is 5.83. The Kier molecular flexibility index (Phi) is 3.65. The third kappa shape index (κ3) is 2.38. The van der Waals surface area contributed by atoms with Crippen molar-refractivity contribution in [3.05, 3.63) is 11.6 Å². The Hall–Kier alpha value is -1.43. The summed E-state index contributed by atoms with van der Waals surface area (Å²) in [5.74, 6) is 1.54. The number of nitrogens with one attached hydrogen (secondary N) is 1. The number of nitrogens with zero attached hydrogens (tertiary/aromatic N) is 3. The summed E-state index contributed by atoms with van der Waals surface area (Å²) < 4.78 is 0. The normalized spacial score (nSPS) is 17.9. The van der Waals surface area contributed by atoms with Crippen LogP contribution in [0.5, 0.6) is 0 Å². The predicted molar refractivity (Wildman–Crippen MR) is 67.5 cm³/mol. The Morgan fingerprint density at radius 2 is 2.17 bits per heavy atom. The number of aryl methyl sites for hydroxylation is 1. The summed E-state index contributed by atoms with van der Waals surface area (Å²) >= 11 is 0. The molecule has 100 valence electrons. The van der Waals surface area contributed by atoms with Crippen molar-refractivity contribution < 1.29 is 4.79 Å². The molecule has 1 saturated carbocycles. The minimum atomic E-state index is -0.347. The van der Waals surface area contributed by atoms with Crippen LogP contribution >= 0.6 is 0 Å². The van der Waals surface area contributed by atoms with Gasteiger partial charge >= 0.3 is 0 Å². The lowest BCUT2D eigenvalue weighted by atomic mass is 9.85. The van der Waals surface area contributed by atoms with Crippen LogP contribution in [-0.4, -0.2) is 39.6 Å². The van der Waals surface area contributed by atoms with Crippen molar-refractivity contribution in [2.24, 2.45) is 11.1 Å². The topological polar surface area (TPSA) is 87.9 Å². The van der Waals surface area contributed by atoms with Crippen molar-refractivity contribution in [1.82, 2.24) is 20.1 Å². The smallest absolute Gasteiger partial charge is 0.230 e. The van der Waals surface area contributed by atoms with E-state index < -0.39 is 0 Å². The minimum absolute atomic E-state index is 0.130. The molecule has 18 heavy (non-hydrogen) atoms. The van der Waals surface area contributed by atoms with E-state index >= 15 is 0 Å². The van der Waals surface area contributed by atoms with Crippen LogP contribution < -0.4 is 5.73 Å². The number of aromatic nitrogens is 3. The van der Waals surface area contributed by atoms with E-state index in [9.17, 15) is 4.79 Å². The van der Waals surface area contributed by atoms with Crippen molar-refractivity contribution >= 4 is 5.91 Å². The standard InChI is InChI=1S/C12H21N5O/c1-9-14-10(16-15-9)7-17(2)11(18)12(8-13)5-3-4-6-12/h3-8,13H2,1-2H3,(H,14,15,16). The molecule has 6 nitrogen and oxygen atoms in total. The lowest BCUT2D eigenvalue weighted by Crippen LogP contribution is -2.44. The summed E-state index contributed by atoms with van der Waals surface area (Å²) in [4.78, 5) is 18.4. The Morgan fingerprint density at radius 3 is 2.67 bits per heavy atom. The molecular weight excluding hydrogens is 230 g/mol. The molecule has 1 aliphatic carbocycles. The van der Waals surface area contributed by atoms with Crippen molar-refractivity contribution in [1.29, 1.82) is 0 Å². The first-order chi connectivity index (χ1) is 8.57. The first kappa shape index (κ1) is 13.0. The molecule has 0 bridgehead atoms. The molecule has 0 aliphatic heterocycles. The molecule has 0 radical (unpaired) electrons. The van der Waals surface area contributed by atoms with Crippen LogP contribution in [0.4, 0.5) is 0 Å². The summed E-state index contributed by atoms with van der Waals surface area (Å²) in [5, 5.41) is 6.83. The number of rotatable bonds is 4. The Labute approximate surface area is 107 Å². The molecule has 1 amide bonds. The second kappa shape index (κ2) is 5.06. The van der Waals surface area contributed by atoms with Gasteiger partial charge in [-0.05, 0) is 19.8 Å². The fourth-order valence-corrected chi connectivity index (χ4v) is 2.71. The second-order valence-corrected chi connectivity index (χ2v) is 5.19. The zero-order chi connectivity index (χ0) is 13.2. The van der Waals surface area contributed by atoms with Crippen molar-refractivity contribution in [2.45, 2.75) is 39.2 Å². The van der Waals surface area contributed by atoms with Gasteiger partial charge in [0.15, 0.2) is 5.82 Å². The highest BCUT2D eigenvalue weighted by atomic mass is 16.2. The van der Waals surface area contributed by atoms with Crippen molar-refractivity contribution in [3.63, 3.8) is 0 Å². The summed E-state index contributed by atoms with van der Waals surface area (Å²) in [7, 11) is 1.80. The highest BCUT2D eigenvalue weighted by Crippen LogP contribution is 2.38. The fraction of sp³-hybridized carbons (Fsp3) is 0.750. The van der Waals surface area contributed by atoms with Gasteiger partial charge in [-0.1, -0.05) is 12.8 Å². The van der Waals surface area contributed by atoms with E-state index in [1.54, 1.807) is 11.9 Å². The van der Waals surface area contributed by atoms with Gasteiger partial charge in [-0.3, -0.25) is 9.89 Å². The summed E-state index contributed by atoms with van der Waals surface area (Å²) in [6.45, 7) is 2.71. The Bertz CT molecular complexity index is 422. The van der Waals surface area contributed by atoms with Crippen molar-refractivity contribution in [2.75, 3.05) is 13.6 Å². The quantitative estimate of drug-likeness (QED) is 0.819. The van der Waals surface area contributed by atoms with E-state index in [0.717, 1.165) is 31.5 Å². The predicted octanol–water partition coefficient (Wildman–Crippen LogP) is 0.591. The molecule has 1 aromatic rings. The van der Waals surface area contributed by atoms with Crippen LogP contribution in [0.3, 0.4) is 0 Å². The monoisotopic (exact) mass is 251 g/mol. The van der Waals surface area contributed by atoms with Crippen LogP contribution in [0.25, 0.3) is 0 Å². The third-order valence-corrected chi connectivity index (χ3v) is 3.77. The lowest BCUT2D eigenvalue weighted by Gasteiger charge is -2.30. The molecule has 1 aromatic heterocycles. The molecule has 1 heterocycles. The molecule has 1 fully saturated rings. The largest absolute Gasteiger partial charge is 0.338 e. The molecule has 0 saturated heterocycles. The van der Waals surface area contributed by atoms with Crippen LogP contribution in [0, 0.1) is 12.3 Å². The van der Waals surface area contributed by atoms with E-state index in [4.69, 9.17) is 5.73 Å². The van der Waals surface area contributed by atoms with Gasteiger partial charge in [0, 0.05) is 13.6 Å². The van der Waals surface area contributed by atoms with Gasteiger partial charge in [0.2, 0.25) is 5.91 Å². The van der Waals surface area contributed by atoms with E-state index in [2.05, 4.69) is 15.2 Å². The van der Waals surface area contributed by atoms with E-state index in [0.29, 0.717) is 18.9 Å². The van der Waals surface area contributed by atoms with Crippen LogP contribution in [0.15, 0.2) is 0 Å². The number of aromatic amines is 1. The van der Waals surface area contributed by atoms with Gasteiger partial charge in [0.1, 0.15) is 5.82 Å². The number of hydrogen-bond acceptors (Lipinski definition) is 4. The Balaban J connectivity index is 2.04.